The van der Waals surface area contributed by atoms with E-state index in [4.69, 9.17) is 14.2 Å². The maximum atomic E-state index is 13.6. The van der Waals surface area contributed by atoms with Gasteiger partial charge in [0.15, 0.2) is 11.4 Å². The Morgan fingerprint density at radius 1 is 0.893 bits per heavy atom. The fourth-order valence-electron chi connectivity index (χ4n) is 2.40. The molecule has 0 saturated heterocycles. The lowest BCUT2D eigenvalue weighted by Crippen LogP contribution is -2.14. The van der Waals surface area contributed by atoms with E-state index in [2.05, 4.69) is 15.0 Å². The number of ether oxygens (including phenoxy) is 3. The van der Waals surface area contributed by atoms with E-state index in [9.17, 15) is 13.2 Å². The van der Waals surface area contributed by atoms with Gasteiger partial charge in [0.05, 0.1) is 14.2 Å². The minimum Gasteiger partial charge on any atom is -0.481 e. The minimum absolute atomic E-state index is 0.0111. The molecule has 2 aromatic heterocycles. The fourth-order valence-corrected chi connectivity index (χ4v) is 2.40. The minimum atomic E-state index is -4.76. The molecule has 0 aliphatic carbocycles. The van der Waals surface area contributed by atoms with Gasteiger partial charge in [-0.2, -0.15) is 23.1 Å². The van der Waals surface area contributed by atoms with Gasteiger partial charge in [0.1, 0.15) is 6.61 Å². The highest BCUT2D eigenvalue weighted by Gasteiger charge is 2.41. The lowest BCUT2D eigenvalue weighted by atomic mass is 10.2. The molecule has 0 spiro atoms. The van der Waals surface area contributed by atoms with Crippen LogP contribution in [0.25, 0.3) is 11.4 Å². The summed E-state index contributed by atoms with van der Waals surface area (Å²) in [5.41, 5.74) is -0.0885. The van der Waals surface area contributed by atoms with Crippen LogP contribution in [0.15, 0.2) is 48.7 Å². The van der Waals surface area contributed by atoms with Crippen LogP contribution in [0.2, 0.25) is 0 Å². The van der Waals surface area contributed by atoms with Crippen LogP contribution in [0.4, 0.5) is 13.2 Å². The quantitative estimate of drug-likeness (QED) is 0.629. The van der Waals surface area contributed by atoms with Crippen LogP contribution < -0.4 is 14.2 Å². The second kappa shape index (κ2) is 8.12. The second-order valence-corrected chi connectivity index (χ2v) is 5.60. The topological polar surface area (TPSA) is 66.4 Å². The van der Waals surface area contributed by atoms with Crippen LogP contribution in [0.3, 0.4) is 0 Å². The van der Waals surface area contributed by atoms with Crippen LogP contribution in [-0.4, -0.2) is 29.2 Å². The number of pyridine rings is 1. The summed E-state index contributed by atoms with van der Waals surface area (Å²) in [4.78, 5) is 11.9. The highest BCUT2D eigenvalue weighted by molar-refractivity contribution is 5.57. The van der Waals surface area contributed by atoms with Crippen molar-refractivity contribution >= 4 is 0 Å². The summed E-state index contributed by atoms with van der Waals surface area (Å²) in [6, 6.07) is 11.9. The average Bonchev–Trinajstić information content (AvgIpc) is 2.71. The Hall–Kier alpha value is -3.36. The molecule has 6 nitrogen and oxygen atoms in total. The van der Waals surface area contributed by atoms with Crippen molar-refractivity contribution in [1.82, 2.24) is 15.0 Å². The standard InChI is InChI=1S/C19H16F3N3O3/c1-26-14-9-8-13(10-23-14)16-24-17(27-2)15(19(20,21)22)18(25-16)28-11-12-6-4-3-5-7-12/h3-10H,11H2,1-2H3. The summed E-state index contributed by atoms with van der Waals surface area (Å²) >= 11 is 0. The van der Waals surface area contributed by atoms with Crippen molar-refractivity contribution in [3.05, 3.63) is 59.8 Å². The monoisotopic (exact) mass is 391 g/mol. The molecule has 2 heterocycles. The number of aromatic nitrogens is 3. The fraction of sp³-hybridized carbons (Fsp3) is 0.211. The molecule has 3 rings (SSSR count). The molecule has 9 heteroatoms. The Kier molecular flexibility index (Phi) is 5.62. The molecule has 1 aromatic carbocycles. The van der Waals surface area contributed by atoms with E-state index in [1.54, 1.807) is 42.5 Å². The molecule has 0 atom stereocenters. The number of alkyl halides is 3. The van der Waals surface area contributed by atoms with Gasteiger partial charge in [0.2, 0.25) is 17.6 Å². The van der Waals surface area contributed by atoms with E-state index in [1.807, 2.05) is 0 Å². The van der Waals surface area contributed by atoms with Gasteiger partial charge in [-0.1, -0.05) is 30.3 Å². The zero-order valence-electron chi connectivity index (χ0n) is 15.0. The molecule has 146 valence electrons. The largest absolute Gasteiger partial charge is 0.481 e. The molecular formula is C19H16F3N3O3. The lowest BCUT2D eigenvalue weighted by molar-refractivity contribution is -0.140. The zero-order chi connectivity index (χ0) is 20.1. The first-order valence-corrected chi connectivity index (χ1v) is 8.12. The number of rotatable bonds is 6. The van der Waals surface area contributed by atoms with Gasteiger partial charge in [0, 0.05) is 17.8 Å². The SMILES string of the molecule is COc1ccc(-c2nc(OC)c(C(F)(F)F)c(OCc3ccccc3)n2)cn1. The first-order valence-electron chi connectivity index (χ1n) is 8.12. The smallest absolute Gasteiger partial charge is 0.426 e. The Morgan fingerprint density at radius 3 is 2.18 bits per heavy atom. The summed E-state index contributed by atoms with van der Waals surface area (Å²) in [6.07, 6.45) is -3.37. The van der Waals surface area contributed by atoms with E-state index in [0.29, 0.717) is 17.0 Å². The molecule has 0 unspecified atom stereocenters. The highest BCUT2D eigenvalue weighted by atomic mass is 19.4. The maximum Gasteiger partial charge on any atom is 0.426 e. The maximum absolute atomic E-state index is 13.6. The van der Waals surface area contributed by atoms with E-state index in [-0.39, 0.29) is 12.4 Å². The number of methoxy groups -OCH3 is 2. The first-order chi connectivity index (χ1) is 13.4. The Morgan fingerprint density at radius 2 is 1.61 bits per heavy atom. The molecule has 0 saturated carbocycles. The number of benzene rings is 1. The van der Waals surface area contributed by atoms with Crippen molar-refractivity contribution < 1.29 is 27.4 Å². The summed E-state index contributed by atoms with van der Waals surface area (Å²) in [5.74, 6) is -0.906. The first kappa shape index (κ1) is 19.4. The zero-order valence-corrected chi connectivity index (χ0v) is 15.0. The van der Waals surface area contributed by atoms with E-state index < -0.39 is 23.5 Å². The van der Waals surface area contributed by atoms with Crippen LogP contribution in [0.1, 0.15) is 11.1 Å². The van der Waals surface area contributed by atoms with Crippen LogP contribution in [0.5, 0.6) is 17.6 Å². The van der Waals surface area contributed by atoms with Crippen LogP contribution in [-0.2, 0) is 12.8 Å². The Labute approximate surface area is 159 Å². The summed E-state index contributed by atoms with van der Waals surface area (Å²) in [7, 11) is 2.56. The normalized spacial score (nSPS) is 11.2. The molecule has 0 aliphatic rings. The van der Waals surface area contributed by atoms with Crippen molar-refractivity contribution in [3.8, 4) is 29.0 Å². The third-order valence-corrected chi connectivity index (χ3v) is 3.74. The van der Waals surface area contributed by atoms with Gasteiger partial charge in [-0.05, 0) is 11.6 Å². The Bertz CT molecular complexity index is 933. The molecule has 0 N–H and O–H groups in total. The molecule has 28 heavy (non-hydrogen) atoms. The van der Waals surface area contributed by atoms with Gasteiger partial charge in [0.25, 0.3) is 0 Å². The molecule has 0 radical (unpaired) electrons. The number of nitrogens with zero attached hydrogens (tertiary/aromatic N) is 3. The molecule has 0 amide bonds. The van der Waals surface area contributed by atoms with Crippen molar-refractivity contribution in [2.24, 2.45) is 0 Å². The van der Waals surface area contributed by atoms with Crippen molar-refractivity contribution in [3.63, 3.8) is 0 Å². The molecule has 0 fully saturated rings. The number of hydrogen-bond donors (Lipinski definition) is 0. The molecule has 0 bridgehead atoms. The van der Waals surface area contributed by atoms with Crippen LogP contribution >= 0.6 is 0 Å². The molecule has 0 aliphatic heterocycles. The van der Waals surface area contributed by atoms with Gasteiger partial charge >= 0.3 is 6.18 Å². The van der Waals surface area contributed by atoms with E-state index in [0.717, 1.165) is 7.11 Å². The van der Waals surface area contributed by atoms with Crippen molar-refractivity contribution in [2.75, 3.05) is 14.2 Å². The number of halogens is 3. The van der Waals surface area contributed by atoms with E-state index >= 15 is 0 Å². The van der Waals surface area contributed by atoms with E-state index in [1.165, 1.54) is 13.3 Å². The van der Waals surface area contributed by atoms with Crippen molar-refractivity contribution in [1.29, 1.82) is 0 Å². The molecular weight excluding hydrogens is 375 g/mol. The third kappa shape index (κ3) is 4.30. The van der Waals surface area contributed by atoms with Crippen molar-refractivity contribution in [2.45, 2.75) is 12.8 Å². The summed E-state index contributed by atoms with van der Waals surface area (Å²) < 4.78 is 56.0. The highest BCUT2D eigenvalue weighted by Crippen LogP contribution is 2.42. The van der Waals surface area contributed by atoms with Gasteiger partial charge in [-0.3, -0.25) is 0 Å². The summed E-state index contributed by atoms with van der Waals surface area (Å²) in [5, 5.41) is 0. The lowest BCUT2D eigenvalue weighted by Gasteiger charge is -2.16. The van der Waals surface area contributed by atoms with Gasteiger partial charge in [-0.25, -0.2) is 4.98 Å². The third-order valence-electron chi connectivity index (χ3n) is 3.74. The predicted octanol–water partition coefficient (Wildman–Crippen LogP) is 4.15. The average molecular weight is 391 g/mol. The second-order valence-electron chi connectivity index (χ2n) is 5.60. The molecule has 3 aromatic rings. The van der Waals surface area contributed by atoms with Gasteiger partial charge < -0.3 is 14.2 Å². The predicted molar refractivity (Wildman–Crippen MR) is 94.1 cm³/mol. The van der Waals surface area contributed by atoms with Crippen LogP contribution in [0, 0.1) is 0 Å². The van der Waals surface area contributed by atoms with Gasteiger partial charge in [-0.15, -0.1) is 0 Å². The number of hydrogen-bond acceptors (Lipinski definition) is 6. The Balaban J connectivity index is 2.04. The summed E-state index contributed by atoms with van der Waals surface area (Å²) in [6.45, 7) is -0.0929.